The number of nitrogens with zero attached hydrogens (tertiary/aromatic N) is 3. The Morgan fingerprint density at radius 1 is 1.12 bits per heavy atom. The molecule has 2 heterocycles. The Bertz CT molecular complexity index is 805. The van der Waals surface area contributed by atoms with E-state index in [1.807, 2.05) is 30.5 Å². The van der Waals surface area contributed by atoms with Gasteiger partial charge in [0.1, 0.15) is 5.65 Å². The number of aromatic nitrogens is 2. The average molecular weight is 349 g/mol. The van der Waals surface area contributed by atoms with Gasteiger partial charge in [-0.1, -0.05) is 43.3 Å². The van der Waals surface area contributed by atoms with Gasteiger partial charge in [-0.3, -0.25) is 4.99 Å². The van der Waals surface area contributed by atoms with Crippen LogP contribution in [-0.4, -0.2) is 35.0 Å². The third kappa shape index (κ3) is 4.85. The average Bonchev–Trinajstić information content (AvgIpc) is 3.09. The zero-order valence-corrected chi connectivity index (χ0v) is 15.5. The molecule has 2 aromatic heterocycles. The van der Waals surface area contributed by atoms with Crippen molar-refractivity contribution in [3.63, 3.8) is 0 Å². The summed E-state index contributed by atoms with van der Waals surface area (Å²) in [7, 11) is 0. The standard InChI is InChI=1S/C21H27N5/c1-3-22-21(24-15-17(2)18-9-5-4-6-10-18)23-13-12-19-16-26-14-8-7-11-20(26)25-19/h4-11,14,16-17H,3,12-13,15H2,1-2H3,(H2,22,23,24). The molecule has 0 aliphatic heterocycles. The zero-order valence-electron chi connectivity index (χ0n) is 15.5. The smallest absolute Gasteiger partial charge is 0.191 e. The molecule has 1 atom stereocenters. The largest absolute Gasteiger partial charge is 0.357 e. The lowest BCUT2D eigenvalue weighted by Crippen LogP contribution is -2.38. The second-order valence-electron chi connectivity index (χ2n) is 6.41. The minimum atomic E-state index is 0.394. The molecule has 5 heteroatoms. The Labute approximate surface area is 155 Å². The van der Waals surface area contributed by atoms with Crippen LogP contribution < -0.4 is 10.6 Å². The SMILES string of the molecule is CCNC(=NCC(C)c1ccccc1)NCCc1cn2ccccc2n1. The van der Waals surface area contributed by atoms with E-state index in [0.29, 0.717) is 5.92 Å². The molecule has 0 aliphatic rings. The van der Waals surface area contributed by atoms with Crippen molar-refractivity contribution in [2.24, 2.45) is 4.99 Å². The summed E-state index contributed by atoms with van der Waals surface area (Å²) in [5.74, 6) is 1.25. The molecule has 3 aromatic rings. The molecule has 0 radical (unpaired) electrons. The fraction of sp³-hybridized carbons (Fsp3) is 0.333. The summed E-state index contributed by atoms with van der Waals surface area (Å²) in [5, 5.41) is 6.73. The number of benzene rings is 1. The Kier molecular flexibility index (Phi) is 6.25. The molecule has 1 unspecified atom stereocenters. The predicted molar refractivity (Wildman–Crippen MR) is 108 cm³/mol. The summed E-state index contributed by atoms with van der Waals surface area (Å²) < 4.78 is 2.05. The molecule has 26 heavy (non-hydrogen) atoms. The van der Waals surface area contributed by atoms with Gasteiger partial charge < -0.3 is 15.0 Å². The van der Waals surface area contributed by atoms with Gasteiger partial charge in [-0.05, 0) is 24.6 Å². The highest BCUT2D eigenvalue weighted by Gasteiger charge is 2.06. The van der Waals surface area contributed by atoms with Crippen LogP contribution in [0.1, 0.15) is 31.0 Å². The summed E-state index contributed by atoms with van der Waals surface area (Å²) in [4.78, 5) is 9.36. The van der Waals surface area contributed by atoms with Crippen LogP contribution >= 0.6 is 0 Å². The lowest BCUT2D eigenvalue weighted by Gasteiger charge is -2.13. The van der Waals surface area contributed by atoms with Gasteiger partial charge in [0.2, 0.25) is 0 Å². The predicted octanol–water partition coefficient (Wildman–Crippen LogP) is 3.24. The first-order valence-corrected chi connectivity index (χ1v) is 9.26. The molecule has 0 bridgehead atoms. The maximum absolute atomic E-state index is 4.73. The van der Waals surface area contributed by atoms with Crippen LogP contribution in [0.3, 0.4) is 0 Å². The van der Waals surface area contributed by atoms with Crippen molar-refractivity contribution in [1.82, 2.24) is 20.0 Å². The normalized spacial score (nSPS) is 12.9. The van der Waals surface area contributed by atoms with Crippen LogP contribution in [0, 0.1) is 0 Å². The van der Waals surface area contributed by atoms with E-state index >= 15 is 0 Å². The van der Waals surface area contributed by atoms with Gasteiger partial charge in [-0.25, -0.2) is 4.98 Å². The Balaban J connectivity index is 1.54. The number of hydrogen-bond donors (Lipinski definition) is 2. The molecule has 2 N–H and O–H groups in total. The van der Waals surface area contributed by atoms with Crippen LogP contribution in [0.15, 0.2) is 65.9 Å². The number of fused-ring (bicyclic) bond motifs is 1. The summed E-state index contributed by atoms with van der Waals surface area (Å²) in [5.41, 5.74) is 3.38. The van der Waals surface area contributed by atoms with Gasteiger partial charge in [0, 0.05) is 44.4 Å². The van der Waals surface area contributed by atoms with E-state index in [9.17, 15) is 0 Å². The van der Waals surface area contributed by atoms with E-state index in [-0.39, 0.29) is 0 Å². The van der Waals surface area contributed by atoms with Crippen LogP contribution in [0.25, 0.3) is 5.65 Å². The van der Waals surface area contributed by atoms with E-state index in [0.717, 1.165) is 43.4 Å². The highest BCUT2D eigenvalue weighted by molar-refractivity contribution is 5.79. The molecular weight excluding hydrogens is 322 g/mol. The fourth-order valence-corrected chi connectivity index (χ4v) is 2.87. The van der Waals surface area contributed by atoms with E-state index < -0.39 is 0 Å². The summed E-state index contributed by atoms with van der Waals surface area (Å²) in [6, 6.07) is 16.6. The molecular formula is C21H27N5. The van der Waals surface area contributed by atoms with Gasteiger partial charge in [0.05, 0.1) is 5.69 Å². The number of guanidine groups is 1. The number of nitrogens with one attached hydrogen (secondary N) is 2. The monoisotopic (exact) mass is 349 g/mol. The van der Waals surface area contributed by atoms with E-state index in [1.54, 1.807) is 0 Å². The Morgan fingerprint density at radius 2 is 1.92 bits per heavy atom. The third-order valence-corrected chi connectivity index (χ3v) is 4.32. The van der Waals surface area contributed by atoms with Gasteiger partial charge in [-0.15, -0.1) is 0 Å². The van der Waals surface area contributed by atoms with Gasteiger partial charge >= 0.3 is 0 Å². The van der Waals surface area contributed by atoms with E-state index in [2.05, 4.69) is 64.3 Å². The summed E-state index contributed by atoms with van der Waals surface area (Å²) in [6.07, 6.45) is 4.97. The molecule has 0 saturated heterocycles. The number of pyridine rings is 1. The molecule has 0 aliphatic carbocycles. The second-order valence-corrected chi connectivity index (χ2v) is 6.41. The van der Waals surface area contributed by atoms with Crippen LogP contribution in [0.5, 0.6) is 0 Å². The molecule has 0 spiro atoms. The number of imidazole rings is 1. The quantitative estimate of drug-likeness (QED) is 0.509. The maximum Gasteiger partial charge on any atom is 0.191 e. The topological polar surface area (TPSA) is 53.7 Å². The van der Waals surface area contributed by atoms with E-state index in [1.165, 1.54) is 5.56 Å². The summed E-state index contributed by atoms with van der Waals surface area (Å²) in [6.45, 7) is 6.70. The van der Waals surface area contributed by atoms with Crippen molar-refractivity contribution < 1.29 is 0 Å². The van der Waals surface area contributed by atoms with Crippen molar-refractivity contribution in [3.8, 4) is 0 Å². The maximum atomic E-state index is 4.73. The first-order valence-electron chi connectivity index (χ1n) is 9.26. The van der Waals surface area contributed by atoms with Crippen LogP contribution in [-0.2, 0) is 6.42 Å². The second kappa shape index (κ2) is 9.04. The molecule has 0 fully saturated rings. The Morgan fingerprint density at radius 3 is 2.69 bits per heavy atom. The number of rotatable bonds is 7. The molecule has 1 aromatic carbocycles. The van der Waals surface area contributed by atoms with Crippen molar-refractivity contribution >= 4 is 11.6 Å². The van der Waals surface area contributed by atoms with Crippen LogP contribution in [0.2, 0.25) is 0 Å². The fourth-order valence-electron chi connectivity index (χ4n) is 2.87. The summed E-state index contributed by atoms with van der Waals surface area (Å²) >= 11 is 0. The molecule has 5 nitrogen and oxygen atoms in total. The minimum absolute atomic E-state index is 0.394. The van der Waals surface area contributed by atoms with Crippen LogP contribution in [0.4, 0.5) is 0 Å². The highest BCUT2D eigenvalue weighted by atomic mass is 15.2. The van der Waals surface area contributed by atoms with Crippen molar-refractivity contribution in [2.75, 3.05) is 19.6 Å². The van der Waals surface area contributed by atoms with Crippen molar-refractivity contribution in [1.29, 1.82) is 0 Å². The van der Waals surface area contributed by atoms with E-state index in [4.69, 9.17) is 4.99 Å². The van der Waals surface area contributed by atoms with Gasteiger partial charge in [0.25, 0.3) is 0 Å². The molecule has 3 rings (SSSR count). The number of aliphatic imine (C=N–C) groups is 1. The first kappa shape index (κ1) is 18.0. The molecule has 0 saturated carbocycles. The lowest BCUT2D eigenvalue weighted by atomic mass is 10.0. The number of hydrogen-bond acceptors (Lipinski definition) is 2. The molecule has 0 amide bonds. The van der Waals surface area contributed by atoms with Crippen molar-refractivity contribution in [2.45, 2.75) is 26.2 Å². The Hall–Kier alpha value is -2.82. The van der Waals surface area contributed by atoms with Crippen molar-refractivity contribution in [3.05, 3.63) is 72.2 Å². The minimum Gasteiger partial charge on any atom is -0.357 e. The lowest BCUT2D eigenvalue weighted by molar-refractivity contribution is 0.744. The zero-order chi connectivity index (χ0) is 18.2. The highest BCUT2D eigenvalue weighted by Crippen LogP contribution is 2.14. The third-order valence-electron chi connectivity index (χ3n) is 4.32. The van der Waals surface area contributed by atoms with Gasteiger partial charge in [0.15, 0.2) is 5.96 Å². The molecule has 136 valence electrons. The first-order chi connectivity index (χ1) is 12.8. The van der Waals surface area contributed by atoms with Gasteiger partial charge in [-0.2, -0.15) is 0 Å².